The number of aryl methyl sites for hydroxylation is 4. The van der Waals surface area contributed by atoms with Crippen LogP contribution in [0.4, 0.5) is 0 Å². The Bertz CT molecular complexity index is 9300. The topological polar surface area (TPSA) is 72.3 Å². The lowest BCUT2D eigenvalue weighted by molar-refractivity contribution is 0.672. The summed E-state index contributed by atoms with van der Waals surface area (Å²) in [4.78, 5) is 0. The minimum atomic E-state index is 0.933. The molecule has 0 radical (unpaired) electrons. The minimum absolute atomic E-state index is 0.933. The van der Waals surface area contributed by atoms with Gasteiger partial charge in [-0.05, 0) is 147 Å². The van der Waals surface area contributed by atoms with Crippen LogP contribution in [0.3, 0.4) is 0 Å². The van der Waals surface area contributed by atoms with Crippen molar-refractivity contribution in [3.05, 3.63) is 411 Å². The largest absolute Gasteiger partial charge is 0.455 e. The monoisotopic (exact) mass is 1590 g/mol. The Morgan fingerprint density at radius 3 is 0.726 bits per heavy atom. The number of fused-ring (bicyclic) bond motifs is 40. The van der Waals surface area contributed by atoms with Crippen LogP contribution < -0.4 is 0 Å². The Morgan fingerprint density at radius 2 is 0.395 bits per heavy atom. The van der Waals surface area contributed by atoms with Crippen molar-refractivity contribution in [2.24, 2.45) is 0 Å². The molecule has 28 rings (SSSR count). The summed E-state index contributed by atoms with van der Waals surface area (Å²) in [6.45, 7) is 8.55. The predicted octanol–water partition coefficient (Wildman–Crippen LogP) is 32.6. The third kappa shape index (κ3) is 10.6. The number of benzene rings is 20. The highest BCUT2D eigenvalue weighted by Crippen LogP contribution is 2.52. The van der Waals surface area contributed by atoms with Gasteiger partial charge in [0.2, 0.25) is 0 Å². The van der Waals surface area contributed by atoms with E-state index in [1.54, 1.807) is 0 Å². The highest BCUT2D eigenvalue weighted by Gasteiger charge is 2.29. The van der Waals surface area contributed by atoms with E-state index < -0.39 is 0 Å². The van der Waals surface area contributed by atoms with Gasteiger partial charge in [-0.3, -0.25) is 0 Å². The maximum absolute atomic E-state index is 6.54. The average molecular weight is 1590 g/mol. The van der Waals surface area contributed by atoms with Crippen molar-refractivity contribution in [1.82, 2.24) is 18.3 Å². The molecule has 0 N–H and O–H groups in total. The van der Waals surface area contributed by atoms with Gasteiger partial charge < -0.3 is 35.9 Å². The molecule has 124 heavy (non-hydrogen) atoms. The molecule has 0 bridgehead atoms. The molecule has 28 aromatic rings. The molecule has 0 spiro atoms. The fourth-order valence-corrected chi connectivity index (χ4v) is 20.5. The summed E-state index contributed by atoms with van der Waals surface area (Å²) < 4.78 is 35.6. The molecule has 20 aromatic carbocycles. The van der Waals surface area contributed by atoms with Gasteiger partial charge in [0.15, 0.2) is 0 Å². The quantitative estimate of drug-likeness (QED) is 0.176. The summed E-state index contributed by atoms with van der Waals surface area (Å²) >= 11 is 0. The third-order valence-corrected chi connectivity index (χ3v) is 25.7. The molecular weight excluding hydrogens is 1510 g/mol. The van der Waals surface area contributed by atoms with E-state index in [0.29, 0.717) is 0 Å². The van der Waals surface area contributed by atoms with Crippen LogP contribution in [-0.2, 0) is 0 Å². The second kappa shape index (κ2) is 27.7. The highest BCUT2D eigenvalue weighted by atomic mass is 16.3. The normalized spacial score (nSPS) is 12.0. The molecule has 0 aliphatic carbocycles. The standard InChI is InChI=1S/4C29H19NO/c1-18-9-8-10-19(17-18)30-24-15-6-4-13-22(24)26-27-23-14-5-7-16-25(23)31-29(27)21-12-3-2-11-20(21)28(26)30;1-18-9-8-10-19(17-18)30-24-15-6-4-13-22(24)27-28(30)21-12-3-2-11-20(21)26-23-14-5-7-16-25(23)31-29(26)27;1-18-14-16-19(17-15-18)30-24-12-6-4-10-22(24)26-27-23-11-5-7-13-25(23)31-29(27)21-9-3-2-8-20(21)28(26)30;1-18-14-16-19(17-15-18)30-24-12-6-4-10-22(24)27-28(30)21-9-3-2-8-20(21)26-23-11-5-7-13-25(23)31-29(26)27/h4*2-17H,1H3. The molecule has 0 saturated carbocycles. The first-order chi connectivity index (χ1) is 61.2. The van der Waals surface area contributed by atoms with Gasteiger partial charge in [-0.25, -0.2) is 0 Å². The van der Waals surface area contributed by atoms with Crippen LogP contribution in [0.2, 0.25) is 0 Å². The molecule has 8 nitrogen and oxygen atoms in total. The Morgan fingerprint density at radius 1 is 0.153 bits per heavy atom. The molecule has 8 heteroatoms. The number of aromatic nitrogens is 4. The Balaban J connectivity index is 0.0000000906. The van der Waals surface area contributed by atoms with Crippen molar-refractivity contribution in [3.8, 4) is 22.7 Å². The average Bonchev–Trinajstić information content (AvgIpc) is 1.55. The van der Waals surface area contributed by atoms with Gasteiger partial charge >= 0.3 is 0 Å². The first-order valence-electron chi connectivity index (χ1n) is 42.5. The van der Waals surface area contributed by atoms with Gasteiger partial charge in [-0.2, -0.15) is 0 Å². The zero-order valence-electron chi connectivity index (χ0n) is 68.4. The maximum Gasteiger partial charge on any atom is 0.146 e. The molecule has 0 aliphatic heterocycles. The molecule has 584 valence electrons. The number of hydrogen-bond acceptors (Lipinski definition) is 4. The van der Waals surface area contributed by atoms with Gasteiger partial charge in [-0.15, -0.1) is 0 Å². The van der Waals surface area contributed by atoms with E-state index in [-0.39, 0.29) is 0 Å². The summed E-state index contributed by atoms with van der Waals surface area (Å²) in [6.07, 6.45) is 0. The maximum atomic E-state index is 6.54. The van der Waals surface area contributed by atoms with Crippen LogP contribution in [-0.4, -0.2) is 18.3 Å². The van der Waals surface area contributed by atoms with Gasteiger partial charge in [0.25, 0.3) is 0 Å². The lowest BCUT2D eigenvalue weighted by atomic mass is 9.99. The smallest absolute Gasteiger partial charge is 0.146 e. The third-order valence-electron chi connectivity index (χ3n) is 25.7. The lowest BCUT2D eigenvalue weighted by Gasteiger charge is -2.11. The number of rotatable bonds is 4. The molecule has 8 aromatic heterocycles. The summed E-state index contributed by atoms with van der Waals surface area (Å²) in [5, 5.41) is 29.0. The molecular formula is C116H76N4O4. The molecule has 0 saturated heterocycles. The Hall–Kier alpha value is -16.2. The van der Waals surface area contributed by atoms with Crippen molar-refractivity contribution >= 4 is 218 Å². The molecule has 8 heterocycles. The van der Waals surface area contributed by atoms with Crippen molar-refractivity contribution in [2.75, 3.05) is 0 Å². The van der Waals surface area contributed by atoms with E-state index in [9.17, 15) is 0 Å². The zero-order valence-corrected chi connectivity index (χ0v) is 68.4. The fraction of sp³-hybridized carbons (Fsp3) is 0.0345. The Kier molecular flexibility index (Phi) is 15.8. The van der Waals surface area contributed by atoms with Crippen LogP contribution in [0.1, 0.15) is 22.3 Å². The fourth-order valence-electron chi connectivity index (χ4n) is 20.5. The first kappa shape index (κ1) is 70.8. The molecule has 0 fully saturated rings. The van der Waals surface area contributed by atoms with Gasteiger partial charge in [0.1, 0.15) is 44.7 Å². The predicted molar refractivity (Wildman–Crippen MR) is 521 cm³/mol. The van der Waals surface area contributed by atoms with Crippen molar-refractivity contribution < 1.29 is 17.7 Å². The molecule has 0 amide bonds. The van der Waals surface area contributed by atoms with E-state index >= 15 is 0 Å². The van der Waals surface area contributed by atoms with E-state index in [1.807, 2.05) is 24.3 Å². The SMILES string of the molecule is Cc1ccc(-n2c3ccccc3c3c4c5ccccc5oc4c4ccccc4c32)cc1.Cc1ccc(-n2c3ccccc3c3c4oc5ccccc5c4c4ccccc4c32)cc1.Cc1cccc(-n2c3ccccc3c3c4c5ccccc5oc4c4ccccc4c32)c1.Cc1cccc(-n2c3ccccc3c3c4oc5ccccc5c4c4ccccc4c32)c1. The summed E-state index contributed by atoms with van der Waals surface area (Å²) in [5.41, 5.74) is 27.0. The number of nitrogens with zero attached hydrogens (tertiary/aromatic N) is 4. The molecule has 0 atom stereocenters. The second-order valence-corrected chi connectivity index (χ2v) is 33.0. The van der Waals surface area contributed by atoms with E-state index in [0.717, 1.165) is 61.1 Å². The second-order valence-electron chi connectivity index (χ2n) is 33.0. The number of hydrogen-bond donors (Lipinski definition) is 0. The van der Waals surface area contributed by atoms with E-state index in [4.69, 9.17) is 17.7 Å². The van der Waals surface area contributed by atoms with Crippen LogP contribution in [0, 0.1) is 27.7 Å². The number of para-hydroxylation sites is 8. The van der Waals surface area contributed by atoms with Crippen LogP contribution in [0.15, 0.2) is 406 Å². The van der Waals surface area contributed by atoms with E-state index in [2.05, 4.69) is 410 Å². The van der Waals surface area contributed by atoms with Gasteiger partial charge in [-0.1, -0.05) is 302 Å². The Labute approximate surface area is 710 Å². The first-order valence-corrected chi connectivity index (χ1v) is 42.5. The zero-order chi connectivity index (χ0) is 82.1. The van der Waals surface area contributed by atoms with Gasteiger partial charge in [0.05, 0.1) is 54.9 Å². The van der Waals surface area contributed by atoms with Crippen molar-refractivity contribution in [2.45, 2.75) is 27.7 Å². The van der Waals surface area contributed by atoms with Crippen molar-refractivity contribution in [3.63, 3.8) is 0 Å². The summed E-state index contributed by atoms with van der Waals surface area (Å²) in [7, 11) is 0. The summed E-state index contributed by atoms with van der Waals surface area (Å²) in [5.74, 6) is 0. The van der Waals surface area contributed by atoms with E-state index in [1.165, 1.54) is 202 Å². The van der Waals surface area contributed by atoms with Gasteiger partial charge in [0, 0.05) is 130 Å². The number of furan rings is 4. The molecule has 0 aliphatic rings. The van der Waals surface area contributed by atoms with Crippen LogP contribution in [0.25, 0.3) is 241 Å². The minimum Gasteiger partial charge on any atom is -0.455 e. The van der Waals surface area contributed by atoms with Crippen molar-refractivity contribution in [1.29, 1.82) is 0 Å². The van der Waals surface area contributed by atoms with Crippen LogP contribution in [0.5, 0.6) is 0 Å². The lowest BCUT2D eigenvalue weighted by Crippen LogP contribution is -1.95. The highest BCUT2D eigenvalue weighted by molar-refractivity contribution is 6.40. The molecule has 0 unspecified atom stereocenters. The summed E-state index contributed by atoms with van der Waals surface area (Å²) in [6, 6.07) is 138. The van der Waals surface area contributed by atoms with Crippen LogP contribution >= 0.6 is 0 Å².